The molecule has 3 amide bonds. The monoisotopic (exact) mass is 454 g/mol. The molecule has 0 atom stereocenters. The molecule has 0 fully saturated rings. The Labute approximate surface area is 188 Å². The van der Waals surface area contributed by atoms with Crippen molar-refractivity contribution >= 4 is 52.3 Å². The molecule has 1 N–H and O–H groups in total. The van der Waals surface area contributed by atoms with Gasteiger partial charge >= 0.3 is 0 Å². The molecule has 0 aliphatic carbocycles. The molecule has 3 aromatic carbocycles. The zero-order valence-electron chi connectivity index (χ0n) is 16.3. The minimum absolute atomic E-state index is 0.154. The largest absolute Gasteiger partial charge is 0.483 e. The number of anilines is 2. The summed E-state index contributed by atoms with van der Waals surface area (Å²) in [6.07, 6.45) is 0. The van der Waals surface area contributed by atoms with Crippen LogP contribution in [0.3, 0.4) is 0 Å². The highest BCUT2D eigenvalue weighted by Crippen LogP contribution is 2.34. The van der Waals surface area contributed by atoms with Gasteiger partial charge in [-0.15, -0.1) is 0 Å². The van der Waals surface area contributed by atoms with E-state index in [2.05, 4.69) is 5.32 Å². The molecule has 31 heavy (non-hydrogen) atoms. The number of fused-ring (bicyclic) bond motifs is 1. The molecule has 0 unspecified atom stereocenters. The highest BCUT2D eigenvalue weighted by molar-refractivity contribution is 6.40. The summed E-state index contributed by atoms with van der Waals surface area (Å²) in [5, 5.41) is 3.42. The molecule has 0 radical (unpaired) electrons. The van der Waals surface area contributed by atoms with Gasteiger partial charge in [-0.2, -0.15) is 0 Å². The summed E-state index contributed by atoms with van der Waals surface area (Å²) >= 11 is 12.2. The number of ether oxygens (including phenoxy) is 1. The normalized spacial score (nSPS) is 12.7. The predicted octanol–water partition coefficient (Wildman–Crippen LogP) is 5.12. The van der Waals surface area contributed by atoms with Crippen molar-refractivity contribution in [2.75, 3.05) is 16.8 Å². The Morgan fingerprint density at radius 1 is 0.968 bits per heavy atom. The summed E-state index contributed by atoms with van der Waals surface area (Å²) in [7, 11) is 0. The molecule has 0 aromatic heterocycles. The van der Waals surface area contributed by atoms with Gasteiger partial charge in [0.25, 0.3) is 17.7 Å². The van der Waals surface area contributed by atoms with Gasteiger partial charge in [-0.05, 0) is 61.0 Å². The van der Waals surface area contributed by atoms with E-state index in [0.29, 0.717) is 27.6 Å². The standard InChI is InChI=1S/C23H16Cl2N2O4/c1-13-10-14(24)6-9-20(13)31-12-21(28)26-15-7-8-19(18(25)11-15)27-22(29)16-4-2-3-5-17(16)23(27)30/h2-11H,12H2,1H3,(H,26,28). The lowest BCUT2D eigenvalue weighted by Gasteiger charge is -2.16. The number of imide groups is 1. The van der Waals surface area contributed by atoms with E-state index in [9.17, 15) is 14.4 Å². The maximum Gasteiger partial charge on any atom is 0.266 e. The fourth-order valence-electron chi connectivity index (χ4n) is 3.29. The number of nitrogens with one attached hydrogen (secondary N) is 1. The van der Waals surface area contributed by atoms with Gasteiger partial charge in [0.15, 0.2) is 6.61 Å². The Balaban J connectivity index is 1.45. The Morgan fingerprint density at radius 2 is 1.65 bits per heavy atom. The van der Waals surface area contributed by atoms with Crippen LogP contribution in [0.25, 0.3) is 0 Å². The van der Waals surface area contributed by atoms with Crippen LogP contribution in [0, 0.1) is 6.92 Å². The number of carbonyl (C=O) groups is 3. The van der Waals surface area contributed by atoms with Crippen LogP contribution < -0.4 is 15.0 Å². The van der Waals surface area contributed by atoms with E-state index in [-0.39, 0.29) is 23.2 Å². The van der Waals surface area contributed by atoms with Crippen molar-refractivity contribution in [3.63, 3.8) is 0 Å². The average molecular weight is 455 g/mol. The second kappa shape index (κ2) is 8.41. The minimum Gasteiger partial charge on any atom is -0.483 e. The van der Waals surface area contributed by atoms with Gasteiger partial charge in [0.1, 0.15) is 5.75 Å². The fourth-order valence-corrected chi connectivity index (χ4v) is 3.78. The second-order valence-corrected chi connectivity index (χ2v) is 7.75. The number of nitrogens with zero attached hydrogens (tertiary/aromatic N) is 1. The average Bonchev–Trinajstić information content (AvgIpc) is 2.98. The maximum atomic E-state index is 12.6. The number of hydrogen-bond acceptors (Lipinski definition) is 4. The first-order valence-electron chi connectivity index (χ1n) is 9.31. The molecule has 4 rings (SSSR count). The third-order valence-electron chi connectivity index (χ3n) is 4.76. The van der Waals surface area contributed by atoms with Crippen molar-refractivity contribution < 1.29 is 19.1 Å². The van der Waals surface area contributed by atoms with Crippen molar-refractivity contribution in [2.45, 2.75) is 6.92 Å². The first-order valence-corrected chi connectivity index (χ1v) is 10.1. The molecule has 1 aliphatic rings. The highest BCUT2D eigenvalue weighted by atomic mass is 35.5. The Hall–Kier alpha value is -3.35. The number of benzene rings is 3. The summed E-state index contributed by atoms with van der Waals surface area (Å²) in [5.41, 5.74) is 2.13. The first-order chi connectivity index (χ1) is 14.8. The highest BCUT2D eigenvalue weighted by Gasteiger charge is 2.37. The van der Waals surface area contributed by atoms with Gasteiger partial charge in [0.2, 0.25) is 0 Å². The van der Waals surface area contributed by atoms with Crippen molar-refractivity contribution in [3.05, 3.63) is 87.4 Å². The molecule has 1 heterocycles. The van der Waals surface area contributed by atoms with E-state index in [4.69, 9.17) is 27.9 Å². The lowest BCUT2D eigenvalue weighted by atomic mass is 10.1. The van der Waals surface area contributed by atoms with E-state index < -0.39 is 11.8 Å². The Bertz CT molecular complexity index is 1190. The van der Waals surface area contributed by atoms with Crippen molar-refractivity contribution in [3.8, 4) is 5.75 Å². The van der Waals surface area contributed by atoms with E-state index in [1.807, 2.05) is 6.92 Å². The number of carbonyl (C=O) groups excluding carboxylic acids is 3. The minimum atomic E-state index is -0.439. The van der Waals surface area contributed by atoms with E-state index in [1.165, 1.54) is 12.1 Å². The molecule has 8 heteroatoms. The quantitative estimate of drug-likeness (QED) is 0.542. The van der Waals surface area contributed by atoms with Crippen molar-refractivity contribution in [1.29, 1.82) is 0 Å². The number of hydrogen-bond donors (Lipinski definition) is 1. The summed E-state index contributed by atoms with van der Waals surface area (Å²) in [4.78, 5) is 38.6. The SMILES string of the molecule is Cc1cc(Cl)ccc1OCC(=O)Nc1ccc(N2C(=O)c3ccccc3C2=O)c(Cl)c1. The molecule has 6 nitrogen and oxygen atoms in total. The molecular formula is C23H16Cl2N2O4. The summed E-state index contributed by atoms with van der Waals surface area (Å²) in [6.45, 7) is 1.62. The van der Waals surface area contributed by atoms with Gasteiger partial charge in [0, 0.05) is 10.7 Å². The molecule has 0 saturated carbocycles. The zero-order valence-corrected chi connectivity index (χ0v) is 17.8. The zero-order chi connectivity index (χ0) is 22.1. The van der Waals surface area contributed by atoms with E-state index in [1.54, 1.807) is 48.5 Å². The summed E-state index contributed by atoms with van der Waals surface area (Å²) < 4.78 is 5.52. The summed E-state index contributed by atoms with van der Waals surface area (Å²) in [6, 6.07) is 16.3. The van der Waals surface area contributed by atoms with Crippen LogP contribution in [0.4, 0.5) is 11.4 Å². The molecular weight excluding hydrogens is 439 g/mol. The van der Waals surface area contributed by atoms with Crippen LogP contribution in [-0.2, 0) is 4.79 Å². The van der Waals surface area contributed by atoms with Crippen LogP contribution in [0.1, 0.15) is 26.3 Å². The topological polar surface area (TPSA) is 75.7 Å². The molecule has 1 aliphatic heterocycles. The van der Waals surface area contributed by atoms with Gasteiger partial charge < -0.3 is 10.1 Å². The van der Waals surface area contributed by atoms with E-state index >= 15 is 0 Å². The fraction of sp³-hybridized carbons (Fsp3) is 0.0870. The molecule has 0 saturated heterocycles. The molecule has 0 spiro atoms. The molecule has 0 bridgehead atoms. The lowest BCUT2D eigenvalue weighted by molar-refractivity contribution is -0.118. The number of aryl methyl sites for hydroxylation is 1. The molecule has 3 aromatic rings. The smallest absolute Gasteiger partial charge is 0.266 e. The van der Waals surface area contributed by atoms with Crippen molar-refractivity contribution in [2.24, 2.45) is 0 Å². The van der Waals surface area contributed by atoms with Crippen LogP contribution in [0.15, 0.2) is 60.7 Å². The lowest BCUT2D eigenvalue weighted by Crippen LogP contribution is -2.29. The third kappa shape index (κ3) is 4.13. The number of halogens is 2. The number of rotatable bonds is 5. The number of amides is 3. The van der Waals surface area contributed by atoms with Crippen LogP contribution in [0.2, 0.25) is 10.0 Å². The Morgan fingerprint density at radius 3 is 2.26 bits per heavy atom. The predicted molar refractivity (Wildman–Crippen MR) is 119 cm³/mol. The van der Waals surface area contributed by atoms with Gasteiger partial charge in [-0.25, -0.2) is 4.90 Å². The van der Waals surface area contributed by atoms with E-state index in [0.717, 1.165) is 10.5 Å². The maximum absolute atomic E-state index is 12.6. The molecule has 156 valence electrons. The van der Waals surface area contributed by atoms with Crippen LogP contribution >= 0.6 is 23.2 Å². The van der Waals surface area contributed by atoms with Gasteiger partial charge in [0.05, 0.1) is 21.8 Å². The first kappa shape index (κ1) is 20.9. The third-order valence-corrected chi connectivity index (χ3v) is 5.30. The second-order valence-electron chi connectivity index (χ2n) is 6.90. The Kier molecular flexibility index (Phi) is 5.67. The van der Waals surface area contributed by atoms with Crippen LogP contribution in [0.5, 0.6) is 5.75 Å². The van der Waals surface area contributed by atoms with Gasteiger partial charge in [-0.1, -0.05) is 35.3 Å². The van der Waals surface area contributed by atoms with Gasteiger partial charge in [-0.3, -0.25) is 14.4 Å². The van der Waals surface area contributed by atoms with Crippen LogP contribution in [-0.4, -0.2) is 24.3 Å². The summed E-state index contributed by atoms with van der Waals surface area (Å²) in [5.74, 6) is -0.713. The van der Waals surface area contributed by atoms with Crippen molar-refractivity contribution in [1.82, 2.24) is 0 Å².